The molecule has 0 fully saturated rings. The highest BCUT2D eigenvalue weighted by atomic mass is 32.1. The summed E-state index contributed by atoms with van der Waals surface area (Å²) in [4.78, 5) is 32.6. The molecule has 0 spiro atoms. The second kappa shape index (κ2) is 13.0. The fraction of sp³-hybridized carbons (Fsp3) is 0.387. The first kappa shape index (κ1) is 28.5. The molecule has 1 unspecified atom stereocenters. The Hall–Kier alpha value is -3.52. The first-order chi connectivity index (χ1) is 18.8. The van der Waals surface area contributed by atoms with Gasteiger partial charge in [0.25, 0.3) is 5.91 Å². The van der Waals surface area contributed by atoms with Crippen LogP contribution < -0.4 is 10.6 Å². The molecule has 0 aliphatic carbocycles. The number of rotatable bonds is 12. The third kappa shape index (κ3) is 7.12. The van der Waals surface area contributed by atoms with Gasteiger partial charge in [0.1, 0.15) is 17.7 Å². The highest BCUT2D eigenvalue weighted by molar-refractivity contribution is 7.09. The first-order valence-electron chi connectivity index (χ1n) is 13.6. The lowest BCUT2D eigenvalue weighted by atomic mass is 10.0. The number of hydrogen-bond donors (Lipinski definition) is 2. The van der Waals surface area contributed by atoms with Gasteiger partial charge in [-0.3, -0.25) is 9.59 Å². The van der Waals surface area contributed by atoms with Crippen molar-refractivity contribution in [3.63, 3.8) is 0 Å². The van der Waals surface area contributed by atoms with Crippen LogP contribution in [-0.4, -0.2) is 27.4 Å². The first-order valence-corrected chi connectivity index (χ1v) is 14.5. The molecule has 4 aromatic rings. The number of carbonyl (C=O) groups is 2. The summed E-state index contributed by atoms with van der Waals surface area (Å²) in [5.41, 5.74) is 3.06. The summed E-state index contributed by atoms with van der Waals surface area (Å²) < 4.78 is 15.5. The van der Waals surface area contributed by atoms with Gasteiger partial charge in [-0.2, -0.15) is 0 Å². The van der Waals surface area contributed by atoms with E-state index in [9.17, 15) is 14.0 Å². The highest BCUT2D eigenvalue weighted by Crippen LogP contribution is 2.28. The third-order valence-electron chi connectivity index (χ3n) is 6.95. The maximum atomic E-state index is 13.3. The van der Waals surface area contributed by atoms with Crippen molar-refractivity contribution in [3.05, 3.63) is 87.6 Å². The Labute approximate surface area is 233 Å². The second-order valence-electron chi connectivity index (χ2n) is 10.3. The van der Waals surface area contributed by atoms with Crippen LogP contribution in [0.5, 0.6) is 0 Å². The van der Waals surface area contributed by atoms with Gasteiger partial charge < -0.3 is 15.2 Å². The molecule has 0 aliphatic heterocycles. The molecule has 0 saturated carbocycles. The average molecular weight is 549 g/mol. The zero-order valence-corrected chi connectivity index (χ0v) is 23.9. The molecule has 0 radical (unpaired) electrons. The van der Waals surface area contributed by atoms with Crippen molar-refractivity contribution in [2.24, 2.45) is 5.92 Å². The minimum Gasteiger partial charge on any atom is -0.350 e. The molecule has 2 heterocycles. The topological polar surface area (TPSA) is 76.0 Å². The minimum atomic E-state index is -0.690. The van der Waals surface area contributed by atoms with Crippen LogP contribution in [0.15, 0.2) is 60.0 Å². The maximum Gasteiger partial charge on any atom is 0.252 e. The van der Waals surface area contributed by atoms with Crippen LogP contribution in [0, 0.1) is 11.7 Å². The largest absolute Gasteiger partial charge is 0.350 e. The minimum absolute atomic E-state index is 0.199. The van der Waals surface area contributed by atoms with E-state index in [1.165, 1.54) is 17.0 Å². The smallest absolute Gasteiger partial charge is 0.252 e. The van der Waals surface area contributed by atoms with Crippen molar-refractivity contribution in [1.82, 2.24) is 20.2 Å². The fourth-order valence-electron chi connectivity index (χ4n) is 4.90. The summed E-state index contributed by atoms with van der Waals surface area (Å²) in [5.74, 6) is 0.298. The lowest BCUT2D eigenvalue weighted by molar-refractivity contribution is -0.123. The molecule has 8 heteroatoms. The molecule has 0 aliphatic rings. The molecule has 2 aromatic carbocycles. The van der Waals surface area contributed by atoms with Crippen LogP contribution in [0.25, 0.3) is 11.0 Å². The molecule has 1 atom stereocenters. The van der Waals surface area contributed by atoms with E-state index in [4.69, 9.17) is 4.98 Å². The quantitative estimate of drug-likeness (QED) is 0.208. The molecular weight excluding hydrogens is 511 g/mol. The molecule has 4 rings (SSSR count). The average Bonchev–Trinajstić information content (AvgIpc) is 3.56. The number of nitrogens with one attached hydrogen (secondary N) is 2. The van der Waals surface area contributed by atoms with E-state index in [1.807, 2.05) is 32.0 Å². The molecule has 2 N–H and O–H groups in total. The van der Waals surface area contributed by atoms with Crippen LogP contribution in [-0.2, 0) is 17.8 Å². The Balaban J connectivity index is 1.55. The SMILES string of the molecule is CCC(CC)n1c(Cc2cccs2)nc2cc(C(=O)NC(CC(C)C)C(=O)NCc3ccc(F)cc3)ccc21. The van der Waals surface area contributed by atoms with E-state index in [2.05, 4.69) is 46.6 Å². The molecule has 2 aromatic heterocycles. The number of fused-ring (bicyclic) bond motifs is 1. The summed E-state index contributed by atoms with van der Waals surface area (Å²) >= 11 is 1.72. The van der Waals surface area contributed by atoms with Gasteiger partial charge in [-0.05, 0) is 72.5 Å². The van der Waals surface area contributed by atoms with Crippen molar-refractivity contribution in [2.45, 2.75) is 72.0 Å². The molecule has 0 bridgehead atoms. The number of thiophene rings is 1. The Bertz CT molecular complexity index is 1390. The van der Waals surface area contributed by atoms with E-state index in [-0.39, 0.29) is 30.1 Å². The third-order valence-corrected chi connectivity index (χ3v) is 7.83. The number of aromatic nitrogens is 2. The van der Waals surface area contributed by atoms with Crippen molar-refractivity contribution in [3.8, 4) is 0 Å². The number of benzene rings is 2. The molecule has 2 amide bonds. The second-order valence-corrected chi connectivity index (χ2v) is 11.4. The highest BCUT2D eigenvalue weighted by Gasteiger charge is 2.24. The summed E-state index contributed by atoms with van der Waals surface area (Å²) in [6, 6.07) is 15.4. The number of amides is 2. The predicted octanol–water partition coefficient (Wildman–Crippen LogP) is 6.65. The van der Waals surface area contributed by atoms with Gasteiger partial charge in [0.15, 0.2) is 0 Å². The molecule has 0 saturated heterocycles. The number of carbonyl (C=O) groups excluding carboxylic acids is 2. The Morgan fingerprint density at radius 2 is 1.79 bits per heavy atom. The predicted molar refractivity (Wildman–Crippen MR) is 155 cm³/mol. The summed E-state index contributed by atoms with van der Waals surface area (Å²) in [7, 11) is 0. The molecule has 206 valence electrons. The maximum absolute atomic E-state index is 13.3. The standard InChI is InChI=1S/C31H37FN4O2S/c1-5-24(6-2)36-28-14-11-22(17-26(28)34-29(36)18-25-8-7-15-39-25)30(37)35-27(16-20(3)4)31(38)33-19-21-9-12-23(32)13-10-21/h7-15,17,20,24,27H,5-6,16,18-19H2,1-4H3,(H,33,38)(H,35,37). The van der Waals surface area contributed by atoms with Crippen LogP contribution in [0.4, 0.5) is 4.39 Å². The van der Waals surface area contributed by atoms with Crippen molar-refractivity contribution >= 4 is 34.2 Å². The van der Waals surface area contributed by atoms with Crippen LogP contribution >= 0.6 is 11.3 Å². The van der Waals surface area contributed by atoms with Crippen LogP contribution in [0.1, 0.15) is 79.6 Å². The summed E-state index contributed by atoms with van der Waals surface area (Å²) in [6.45, 7) is 8.66. The van der Waals surface area contributed by atoms with E-state index >= 15 is 0 Å². The van der Waals surface area contributed by atoms with Crippen molar-refractivity contribution in [1.29, 1.82) is 0 Å². The lowest BCUT2D eigenvalue weighted by Crippen LogP contribution is -2.47. The Morgan fingerprint density at radius 1 is 1.05 bits per heavy atom. The normalized spacial score (nSPS) is 12.3. The van der Waals surface area contributed by atoms with E-state index in [0.717, 1.165) is 41.7 Å². The zero-order valence-electron chi connectivity index (χ0n) is 23.0. The van der Waals surface area contributed by atoms with Crippen LogP contribution in [0.3, 0.4) is 0 Å². The van der Waals surface area contributed by atoms with E-state index in [0.29, 0.717) is 18.0 Å². The monoisotopic (exact) mass is 548 g/mol. The fourth-order valence-corrected chi connectivity index (χ4v) is 5.61. The number of nitrogens with zero attached hydrogens (tertiary/aromatic N) is 2. The molecule has 39 heavy (non-hydrogen) atoms. The number of halogens is 1. The van der Waals surface area contributed by atoms with E-state index in [1.54, 1.807) is 23.5 Å². The summed E-state index contributed by atoms with van der Waals surface area (Å²) in [5, 5.41) is 7.88. The van der Waals surface area contributed by atoms with Crippen molar-refractivity contribution < 1.29 is 14.0 Å². The van der Waals surface area contributed by atoms with Crippen LogP contribution in [0.2, 0.25) is 0 Å². The zero-order chi connectivity index (χ0) is 27.9. The van der Waals surface area contributed by atoms with Gasteiger partial charge in [-0.25, -0.2) is 9.37 Å². The molecular formula is C31H37FN4O2S. The number of hydrogen-bond acceptors (Lipinski definition) is 4. The van der Waals surface area contributed by atoms with Gasteiger partial charge >= 0.3 is 0 Å². The van der Waals surface area contributed by atoms with Gasteiger partial charge in [-0.15, -0.1) is 11.3 Å². The molecule has 6 nitrogen and oxygen atoms in total. The lowest BCUT2D eigenvalue weighted by Gasteiger charge is -2.20. The number of imidazole rings is 1. The van der Waals surface area contributed by atoms with Gasteiger partial charge in [0.05, 0.1) is 11.0 Å². The van der Waals surface area contributed by atoms with Gasteiger partial charge in [0.2, 0.25) is 5.91 Å². The van der Waals surface area contributed by atoms with Gasteiger partial charge in [0, 0.05) is 29.4 Å². The van der Waals surface area contributed by atoms with Gasteiger partial charge in [-0.1, -0.05) is 45.9 Å². The van der Waals surface area contributed by atoms with Crippen molar-refractivity contribution in [2.75, 3.05) is 0 Å². The Kier molecular flexibility index (Phi) is 9.51. The Morgan fingerprint density at radius 3 is 2.44 bits per heavy atom. The summed E-state index contributed by atoms with van der Waals surface area (Å²) in [6.07, 6.45) is 3.23. The van der Waals surface area contributed by atoms with E-state index < -0.39 is 6.04 Å².